The van der Waals surface area contributed by atoms with E-state index in [1.165, 1.54) is 17.2 Å². The van der Waals surface area contributed by atoms with Crippen molar-refractivity contribution in [1.29, 1.82) is 0 Å². The fourth-order valence-electron chi connectivity index (χ4n) is 2.06. The van der Waals surface area contributed by atoms with E-state index in [0.29, 0.717) is 27.1 Å². The third-order valence-electron chi connectivity index (χ3n) is 3.23. The number of amides is 1. The molecule has 3 aromatic rings. The van der Waals surface area contributed by atoms with Gasteiger partial charge in [0.15, 0.2) is 5.76 Å². The van der Waals surface area contributed by atoms with Crippen LogP contribution < -0.4 is 5.43 Å². The number of para-hydroxylation sites is 1. The van der Waals surface area contributed by atoms with Gasteiger partial charge in [0.25, 0.3) is 0 Å². The first-order valence-corrected chi connectivity index (χ1v) is 7.70. The molecule has 0 aliphatic heterocycles. The Labute approximate surface area is 147 Å². The Hall–Kier alpha value is -2.57. The first kappa shape index (κ1) is 16.3. The number of aryl methyl sites for hydroxylation is 1. The Morgan fingerprint density at radius 3 is 2.79 bits per heavy atom. The van der Waals surface area contributed by atoms with Crippen LogP contribution in [0.25, 0.3) is 5.69 Å². The molecule has 0 spiro atoms. The van der Waals surface area contributed by atoms with E-state index < -0.39 is 5.91 Å². The molecule has 1 aromatic carbocycles. The number of hydrazone groups is 1. The average molecular weight is 363 g/mol. The van der Waals surface area contributed by atoms with Crippen molar-refractivity contribution < 1.29 is 9.21 Å². The molecule has 0 saturated heterocycles. The van der Waals surface area contributed by atoms with Crippen LogP contribution in [0, 0.1) is 6.92 Å². The molecule has 0 aliphatic rings. The van der Waals surface area contributed by atoms with Crippen LogP contribution in [0.2, 0.25) is 10.2 Å². The van der Waals surface area contributed by atoms with Crippen LogP contribution in [-0.4, -0.2) is 21.9 Å². The highest BCUT2D eigenvalue weighted by Gasteiger charge is 2.15. The van der Waals surface area contributed by atoms with Crippen LogP contribution in [0.15, 0.2) is 52.2 Å². The van der Waals surface area contributed by atoms with Gasteiger partial charge in [-0.05, 0) is 31.2 Å². The zero-order chi connectivity index (χ0) is 17.1. The smallest absolute Gasteiger partial charge is 0.307 e. The standard InChI is InChI=1S/C16H12Cl2N4O2/c1-10-11(9-19-20-16(23)14-7-4-8-24-14)15(18)22(21-10)13-6-3-2-5-12(13)17/h2-9H,1H3,(H,20,23)/b19-9-. The molecule has 1 N–H and O–H groups in total. The minimum atomic E-state index is -0.455. The SMILES string of the molecule is Cc1nn(-c2ccccc2Cl)c(Cl)c1/C=N\NC(=O)c1ccco1. The summed E-state index contributed by atoms with van der Waals surface area (Å²) < 4.78 is 6.50. The molecule has 0 bridgehead atoms. The summed E-state index contributed by atoms with van der Waals surface area (Å²) in [7, 11) is 0. The molecule has 6 nitrogen and oxygen atoms in total. The lowest BCUT2D eigenvalue weighted by molar-refractivity contribution is 0.0927. The minimum absolute atomic E-state index is 0.168. The lowest BCUT2D eigenvalue weighted by atomic mass is 10.3. The third kappa shape index (κ3) is 3.20. The number of hydrogen-bond donors (Lipinski definition) is 1. The van der Waals surface area contributed by atoms with Gasteiger partial charge in [0, 0.05) is 0 Å². The third-order valence-corrected chi connectivity index (χ3v) is 3.92. The predicted octanol–water partition coefficient (Wildman–Crippen LogP) is 3.84. The van der Waals surface area contributed by atoms with Crippen molar-refractivity contribution in [2.24, 2.45) is 5.10 Å². The summed E-state index contributed by atoms with van der Waals surface area (Å²) in [6.07, 6.45) is 2.84. The maximum atomic E-state index is 11.7. The van der Waals surface area contributed by atoms with Gasteiger partial charge in [-0.2, -0.15) is 10.2 Å². The van der Waals surface area contributed by atoms with Crippen molar-refractivity contribution in [1.82, 2.24) is 15.2 Å². The first-order valence-electron chi connectivity index (χ1n) is 6.95. The predicted molar refractivity (Wildman–Crippen MR) is 92.1 cm³/mol. The van der Waals surface area contributed by atoms with Crippen molar-refractivity contribution in [2.75, 3.05) is 0 Å². The Bertz CT molecular complexity index is 901. The topological polar surface area (TPSA) is 72.4 Å². The molecular weight excluding hydrogens is 351 g/mol. The van der Waals surface area contributed by atoms with Crippen LogP contribution in [0.4, 0.5) is 0 Å². The quantitative estimate of drug-likeness (QED) is 0.565. The fraction of sp³-hybridized carbons (Fsp3) is 0.0625. The number of carbonyl (C=O) groups is 1. The van der Waals surface area contributed by atoms with Crippen molar-refractivity contribution in [3.05, 3.63) is 69.9 Å². The van der Waals surface area contributed by atoms with Gasteiger partial charge >= 0.3 is 5.91 Å². The van der Waals surface area contributed by atoms with E-state index in [1.807, 2.05) is 12.1 Å². The summed E-state index contributed by atoms with van der Waals surface area (Å²) in [6, 6.07) is 10.4. The number of benzene rings is 1. The van der Waals surface area contributed by atoms with E-state index >= 15 is 0 Å². The number of halogens is 2. The molecule has 24 heavy (non-hydrogen) atoms. The molecule has 0 aliphatic carbocycles. The highest BCUT2D eigenvalue weighted by Crippen LogP contribution is 2.26. The molecule has 0 unspecified atom stereocenters. The van der Waals surface area contributed by atoms with E-state index in [1.54, 1.807) is 31.2 Å². The number of aromatic nitrogens is 2. The second kappa shape index (κ2) is 6.90. The largest absolute Gasteiger partial charge is 0.459 e. The average Bonchev–Trinajstić information content (AvgIpc) is 3.19. The number of nitrogens with zero attached hydrogens (tertiary/aromatic N) is 3. The number of nitrogens with one attached hydrogen (secondary N) is 1. The minimum Gasteiger partial charge on any atom is -0.459 e. The number of carbonyl (C=O) groups excluding carboxylic acids is 1. The summed E-state index contributed by atoms with van der Waals surface area (Å²) in [5, 5.41) is 9.13. The maximum absolute atomic E-state index is 11.7. The Kier molecular flexibility index (Phi) is 4.69. The molecule has 8 heteroatoms. The monoisotopic (exact) mass is 362 g/mol. The lowest BCUT2D eigenvalue weighted by Crippen LogP contribution is -2.16. The van der Waals surface area contributed by atoms with Crippen LogP contribution in [-0.2, 0) is 0 Å². The summed E-state index contributed by atoms with van der Waals surface area (Å²) in [5.74, 6) is -0.287. The zero-order valence-corrected chi connectivity index (χ0v) is 14.0. The number of rotatable bonds is 4. The molecule has 2 aromatic heterocycles. The van der Waals surface area contributed by atoms with E-state index in [2.05, 4.69) is 15.6 Å². The molecule has 0 radical (unpaired) electrons. The van der Waals surface area contributed by atoms with Gasteiger partial charge in [-0.15, -0.1) is 0 Å². The van der Waals surface area contributed by atoms with Gasteiger partial charge < -0.3 is 4.42 Å². The van der Waals surface area contributed by atoms with Gasteiger partial charge in [-0.1, -0.05) is 35.3 Å². The van der Waals surface area contributed by atoms with E-state index in [9.17, 15) is 4.79 Å². The van der Waals surface area contributed by atoms with Gasteiger partial charge in [0.2, 0.25) is 0 Å². The van der Waals surface area contributed by atoms with Gasteiger partial charge in [0.05, 0.1) is 34.4 Å². The Morgan fingerprint density at radius 1 is 1.29 bits per heavy atom. The van der Waals surface area contributed by atoms with Crippen molar-refractivity contribution in [3.8, 4) is 5.69 Å². The zero-order valence-electron chi connectivity index (χ0n) is 12.5. The van der Waals surface area contributed by atoms with E-state index in [4.69, 9.17) is 27.6 Å². The van der Waals surface area contributed by atoms with Crippen molar-refractivity contribution >= 4 is 35.3 Å². The molecular formula is C16H12Cl2N4O2. The molecule has 0 fully saturated rings. The molecule has 1 amide bonds. The highest BCUT2D eigenvalue weighted by atomic mass is 35.5. The summed E-state index contributed by atoms with van der Waals surface area (Å²) in [4.78, 5) is 11.7. The summed E-state index contributed by atoms with van der Waals surface area (Å²) >= 11 is 12.5. The first-order chi connectivity index (χ1) is 11.6. The summed E-state index contributed by atoms with van der Waals surface area (Å²) in [5.41, 5.74) is 4.25. The molecule has 2 heterocycles. The Balaban J connectivity index is 1.83. The van der Waals surface area contributed by atoms with Crippen molar-refractivity contribution in [2.45, 2.75) is 6.92 Å². The fourth-order valence-corrected chi connectivity index (χ4v) is 2.59. The van der Waals surface area contributed by atoms with Gasteiger partial charge in [0.1, 0.15) is 5.15 Å². The Morgan fingerprint density at radius 2 is 2.08 bits per heavy atom. The second-order valence-corrected chi connectivity index (χ2v) is 5.59. The number of furan rings is 1. The summed E-state index contributed by atoms with van der Waals surface area (Å²) in [6.45, 7) is 1.79. The van der Waals surface area contributed by atoms with Crippen LogP contribution in [0.5, 0.6) is 0 Å². The van der Waals surface area contributed by atoms with Crippen LogP contribution in [0.3, 0.4) is 0 Å². The molecule has 3 rings (SSSR count). The maximum Gasteiger partial charge on any atom is 0.307 e. The van der Waals surface area contributed by atoms with Crippen molar-refractivity contribution in [3.63, 3.8) is 0 Å². The normalized spacial score (nSPS) is 11.1. The molecule has 0 atom stereocenters. The van der Waals surface area contributed by atoms with Crippen LogP contribution >= 0.6 is 23.2 Å². The number of hydrogen-bond acceptors (Lipinski definition) is 4. The lowest BCUT2D eigenvalue weighted by Gasteiger charge is -2.04. The van der Waals surface area contributed by atoms with Gasteiger partial charge in [-0.3, -0.25) is 4.79 Å². The molecule has 0 saturated carbocycles. The highest BCUT2D eigenvalue weighted by molar-refractivity contribution is 6.34. The van der Waals surface area contributed by atoms with Gasteiger partial charge in [-0.25, -0.2) is 10.1 Å². The van der Waals surface area contributed by atoms with E-state index in [0.717, 1.165) is 0 Å². The van der Waals surface area contributed by atoms with Crippen LogP contribution in [0.1, 0.15) is 21.8 Å². The molecule has 122 valence electrons. The second-order valence-electron chi connectivity index (χ2n) is 4.83. The van der Waals surface area contributed by atoms with E-state index in [-0.39, 0.29) is 5.76 Å².